The van der Waals surface area contributed by atoms with E-state index in [1.165, 1.54) is 17.3 Å². The van der Waals surface area contributed by atoms with E-state index in [1.807, 2.05) is 18.3 Å². The van der Waals surface area contributed by atoms with Crippen LogP contribution in [0.5, 0.6) is 0 Å². The van der Waals surface area contributed by atoms with Crippen molar-refractivity contribution in [3.05, 3.63) is 90.0 Å². The maximum absolute atomic E-state index is 14.0. The lowest BCUT2D eigenvalue weighted by atomic mass is 9.56. The maximum atomic E-state index is 14.0. The Balaban J connectivity index is 1.27. The molecular formula is C24H24FN3. The van der Waals surface area contributed by atoms with Crippen molar-refractivity contribution in [2.45, 2.75) is 25.7 Å². The van der Waals surface area contributed by atoms with Gasteiger partial charge in [-0.05, 0) is 49.6 Å². The number of hydrogen-bond donors (Lipinski definition) is 0. The summed E-state index contributed by atoms with van der Waals surface area (Å²) in [7, 11) is 0. The van der Waals surface area contributed by atoms with Gasteiger partial charge in [0.15, 0.2) is 0 Å². The molecule has 1 saturated carbocycles. The van der Waals surface area contributed by atoms with Crippen LogP contribution >= 0.6 is 0 Å². The Morgan fingerprint density at radius 3 is 2.54 bits per heavy atom. The van der Waals surface area contributed by atoms with Crippen molar-refractivity contribution in [2.75, 3.05) is 13.1 Å². The van der Waals surface area contributed by atoms with Crippen molar-refractivity contribution >= 4 is 5.70 Å². The topological polar surface area (TPSA) is 21.1 Å². The standard InChI is InChI=1S/C24H24FN3/c1-17-7-3-6-10-22(17)28-23(11-12-26-28)19-13-24(14-19)15-27(16-24)18(2)20-8-4-5-9-21(20)25/h3-12,19H,2,13-16H2,1H3. The van der Waals surface area contributed by atoms with Gasteiger partial charge < -0.3 is 4.90 Å². The Kier molecular flexibility index (Phi) is 3.90. The van der Waals surface area contributed by atoms with Gasteiger partial charge in [0.05, 0.1) is 5.69 Å². The average molecular weight is 373 g/mol. The molecule has 5 rings (SSSR count). The molecule has 1 aromatic heterocycles. The fourth-order valence-corrected chi connectivity index (χ4v) is 4.90. The number of hydrogen-bond acceptors (Lipinski definition) is 2. The fourth-order valence-electron chi connectivity index (χ4n) is 4.90. The van der Waals surface area contributed by atoms with E-state index in [1.54, 1.807) is 6.07 Å². The van der Waals surface area contributed by atoms with Gasteiger partial charge >= 0.3 is 0 Å². The molecule has 2 aromatic carbocycles. The SMILES string of the molecule is C=C(c1ccccc1F)N1CC2(CC(c3ccnn3-c3ccccc3C)C2)C1. The van der Waals surface area contributed by atoms with Crippen molar-refractivity contribution in [1.29, 1.82) is 0 Å². The lowest BCUT2D eigenvalue weighted by molar-refractivity contribution is -0.0412. The Labute approximate surface area is 165 Å². The number of aryl methyl sites for hydroxylation is 1. The van der Waals surface area contributed by atoms with E-state index in [0.29, 0.717) is 16.9 Å². The Bertz CT molecular complexity index is 1040. The molecule has 0 unspecified atom stereocenters. The Morgan fingerprint density at radius 1 is 1.07 bits per heavy atom. The first-order valence-corrected chi connectivity index (χ1v) is 9.85. The molecule has 2 fully saturated rings. The molecule has 1 saturated heterocycles. The van der Waals surface area contributed by atoms with Gasteiger partial charge in [-0.3, -0.25) is 0 Å². The molecule has 0 atom stereocenters. The lowest BCUT2D eigenvalue weighted by Gasteiger charge is -2.60. The highest BCUT2D eigenvalue weighted by atomic mass is 19.1. The summed E-state index contributed by atoms with van der Waals surface area (Å²) >= 11 is 0. The summed E-state index contributed by atoms with van der Waals surface area (Å²) in [6.45, 7) is 8.20. The van der Waals surface area contributed by atoms with Gasteiger partial charge in [-0.2, -0.15) is 5.10 Å². The third-order valence-corrected chi connectivity index (χ3v) is 6.41. The molecule has 2 aliphatic rings. The van der Waals surface area contributed by atoms with Gasteiger partial charge in [-0.1, -0.05) is 36.9 Å². The van der Waals surface area contributed by atoms with Gasteiger partial charge in [-0.25, -0.2) is 9.07 Å². The van der Waals surface area contributed by atoms with Gasteiger partial charge in [0.2, 0.25) is 0 Å². The molecule has 1 spiro atoms. The molecule has 3 nitrogen and oxygen atoms in total. The van der Waals surface area contributed by atoms with E-state index in [9.17, 15) is 4.39 Å². The van der Waals surface area contributed by atoms with Gasteiger partial charge in [0.25, 0.3) is 0 Å². The average Bonchev–Trinajstić information content (AvgIpc) is 3.09. The zero-order valence-corrected chi connectivity index (χ0v) is 16.1. The summed E-state index contributed by atoms with van der Waals surface area (Å²) in [6, 6.07) is 17.4. The van der Waals surface area contributed by atoms with Gasteiger partial charge in [0.1, 0.15) is 5.82 Å². The highest BCUT2D eigenvalue weighted by Crippen LogP contribution is 2.57. The van der Waals surface area contributed by atoms with Crippen LogP contribution in [0.3, 0.4) is 0 Å². The van der Waals surface area contributed by atoms with Gasteiger partial charge in [0, 0.05) is 47.6 Å². The number of nitrogens with zero attached hydrogens (tertiary/aromatic N) is 3. The summed E-state index contributed by atoms with van der Waals surface area (Å²) in [5.41, 5.74) is 5.46. The molecule has 2 heterocycles. The van der Waals surface area contributed by atoms with Crippen LogP contribution in [0.15, 0.2) is 67.4 Å². The van der Waals surface area contributed by atoms with Crippen LogP contribution < -0.4 is 0 Å². The zero-order chi connectivity index (χ0) is 19.3. The second-order valence-electron chi connectivity index (χ2n) is 8.34. The molecule has 4 heteroatoms. The lowest BCUT2D eigenvalue weighted by Crippen LogP contribution is -2.60. The number of para-hydroxylation sites is 1. The quantitative estimate of drug-likeness (QED) is 0.629. The van der Waals surface area contributed by atoms with Crippen molar-refractivity contribution in [3.8, 4) is 5.69 Å². The molecule has 142 valence electrons. The van der Waals surface area contributed by atoms with E-state index in [0.717, 1.165) is 37.3 Å². The van der Waals surface area contributed by atoms with E-state index >= 15 is 0 Å². The van der Waals surface area contributed by atoms with Crippen molar-refractivity contribution in [2.24, 2.45) is 5.41 Å². The van der Waals surface area contributed by atoms with Crippen LogP contribution in [-0.4, -0.2) is 27.8 Å². The number of halogens is 1. The first-order chi connectivity index (χ1) is 13.6. The smallest absolute Gasteiger partial charge is 0.132 e. The maximum Gasteiger partial charge on any atom is 0.132 e. The first kappa shape index (κ1) is 17.2. The number of likely N-dealkylation sites (tertiary alicyclic amines) is 1. The summed E-state index contributed by atoms with van der Waals surface area (Å²) in [5.74, 6) is 0.341. The minimum Gasteiger partial charge on any atom is -0.370 e. The minimum absolute atomic E-state index is 0.193. The fraction of sp³-hybridized carbons (Fsp3) is 0.292. The summed E-state index contributed by atoms with van der Waals surface area (Å²) in [4.78, 5) is 2.22. The van der Waals surface area contributed by atoms with Crippen LogP contribution in [0, 0.1) is 18.2 Å². The summed E-state index contributed by atoms with van der Waals surface area (Å²) in [5, 5.41) is 4.58. The Hall–Kier alpha value is -2.88. The molecule has 1 aliphatic carbocycles. The van der Waals surface area contributed by atoms with E-state index < -0.39 is 0 Å². The normalized spacial score (nSPS) is 18.0. The summed E-state index contributed by atoms with van der Waals surface area (Å²) < 4.78 is 16.1. The molecule has 28 heavy (non-hydrogen) atoms. The van der Waals surface area contributed by atoms with Crippen molar-refractivity contribution < 1.29 is 4.39 Å². The van der Waals surface area contributed by atoms with Crippen LogP contribution in [0.1, 0.15) is 35.6 Å². The predicted molar refractivity (Wildman–Crippen MR) is 110 cm³/mol. The monoisotopic (exact) mass is 373 g/mol. The predicted octanol–water partition coefficient (Wildman–Crippen LogP) is 5.17. The summed E-state index contributed by atoms with van der Waals surface area (Å²) in [6.07, 6.45) is 4.22. The minimum atomic E-state index is -0.193. The second-order valence-corrected chi connectivity index (χ2v) is 8.34. The third-order valence-electron chi connectivity index (χ3n) is 6.41. The Morgan fingerprint density at radius 2 is 1.79 bits per heavy atom. The third kappa shape index (κ3) is 2.67. The molecule has 0 amide bonds. The van der Waals surface area contributed by atoms with Crippen LogP contribution in [0.2, 0.25) is 0 Å². The van der Waals surface area contributed by atoms with Crippen molar-refractivity contribution in [1.82, 2.24) is 14.7 Å². The van der Waals surface area contributed by atoms with E-state index in [-0.39, 0.29) is 5.82 Å². The number of aromatic nitrogens is 2. The van der Waals surface area contributed by atoms with E-state index in [4.69, 9.17) is 0 Å². The largest absolute Gasteiger partial charge is 0.370 e. The van der Waals surface area contributed by atoms with Crippen LogP contribution in [-0.2, 0) is 0 Å². The number of rotatable bonds is 4. The molecule has 1 aliphatic heterocycles. The van der Waals surface area contributed by atoms with Crippen LogP contribution in [0.4, 0.5) is 4.39 Å². The van der Waals surface area contributed by atoms with E-state index in [2.05, 4.69) is 58.5 Å². The molecule has 0 bridgehead atoms. The zero-order valence-electron chi connectivity index (χ0n) is 16.1. The second kappa shape index (κ2) is 6.33. The van der Waals surface area contributed by atoms with Gasteiger partial charge in [-0.15, -0.1) is 0 Å². The molecule has 3 aromatic rings. The highest BCUT2D eigenvalue weighted by molar-refractivity contribution is 5.63. The van der Waals surface area contributed by atoms with Crippen molar-refractivity contribution in [3.63, 3.8) is 0 Å². The molecular weight excluding hydrogens is 349 g/mol. The van der Waals surface area contributed by atoms with Crippen LogP contribution in [0.25, 0.3) is 11.4 Å². The molecule has 0 N–H and O–H groups in total. The number of benzene rings is 2. The first-order valence-electron chi connectivity index (χ1n) is 9.85. The molecule has 0 radical (unpaired) electrons. The highest BCUT2D eigenvalue weighted by Gasteiger charge is 2.53.